The lowest BCUT2D eigenvalue weighted by Gasteiger charge is -2.22. The number of carbonyl (C=O) groups is 2. The zero-order valence-electron chi connectivity index (χ0n) is 23.0. The molecule has 5 aromatic rings. The molecule has 214 valence electrons. The van der Waals surface area contributed by atoms with Crippen LogP contribution >= 0.6 is 11.3 Å². The molecule has 2 heterocycles. The van der Waals surface area contributed by atoms with E-state index >= 15 is 0 Å². The highest BCUT2D eigenvalue weighted by Crippen LogP contribution is 2.33. The molecule has 0 bridgehead atoms. The molecule has 2 N–H and O–H groups in total. The lowest BCUT2D eigenvalue weighted by atomic mass is 10.1. The average molecular weight is 584 g/mol. The number of thiazole rings is 1. The number of carbonyl (C=O) groups excluding carboxylic acids is 1. The lowest BCUT2D eigenvalue weighted by molar-refractivity contribution is -0.136. The summed E-state index contributed by atoms with van der Waals surface area (Å²) in [4.78, 5) is 30.2. The fraction of sp³-hybridized carbons (Fsp3) is 0.182. The molecule has 0 fully saturated rings. The Morgan fingerprint density at radius 2 is 1.74 bits per heavy atom. The lowest BCUT2D eigenvalue weighted by Crippen LogP contribution is -2.26. The number of hydrogen-bond acceptors (Lipinski definition) is 6. The van der Waals surface area contributed by atoms with Crippen LogP contribution in [0.1, 0.15) is 33.5 Å². The van der Waals surface area contributed by atoms with Gasteiger partial charge in [-0.05, 0) is 72.5 Å². The third-order valence-electron chi connectivity index (χ3n) is 6.80. The summed E-state index contributed by atoms with van der Waals surface area (Å²) in [6, 6.07) is 25.9. The van der Waals surface area contributed by atoms with Gasteiger partial charge < -0.3 is 19.7 Å². The second-order valence-electron chi connectivity index (χ2n) is 9.89. The van der Waals surface area contributed by atoms with Crippen molar-refractivity contribution in [2.75, 3.05) is 18.0 Å². The number of aromatic nitrogens is 1. The van der Waals surface area contributed by atoms with Gasteiger partial charge in [-0.1, -0.05) is 42.5 Å². The van der Waals surface area contributed by atoms with Crippen LogP contribution in [0.5, 0.6) is 0 Å². The summed E-state index contributed by atoms with van der Waals surface area (Å²) < 4.78 is 19.7. The zero-order chi connectivity index (χ0) is 29.5. The molecule has 0 radical (unpaired) electrons. The Kier molecular flexibility index (Phi) is 9.08. The Labute approximate surface area is 247 Å². The summed E-state index contributed by atoms with van der Waals surface area (Å²) in [7, 11) is 0. The van der Waals surface area contributed by atoms with E-state index in [9.17, 15) is 14.0 Å². The van der Waals surface area contributed by atoms with Crippen molar-refractivity contribution < 1.29 is 23.5 Å². The second kappa shape index (κ2) is 13.3. The predicted octanol–water partition coefficient (Wildman–Crippen LogP) is 6.97. The van der Waals surface area contributed by atoms with Crippen molar-refractivity contribution in [2.24, 2.45) is 0 Å². The molecule has 2 aromatic heterocycles. The Morgan fingerprint density at radius 1 is 0.976 bits per heavy atom. The smallest absolute Gasteiger partial charge is 0.305 e. The first kappa shape index (κ1) is 28.8. The molecule has 0 spiro atoms. The minimum Gasteiger partial charge on any atom is -0.481 e. The molecule has 9 heteroatoms. The summed E-state index contributed by atoms with van der Waals surface area (Å²) >= 11 is 1.53. The summed E-state index contributed by atoms with van der Waals surface area (Å²) in [6.45, 7) is 3.24. The van der Waals surface area contributed by atoms with E-state index in [-0.39, 0.29) is 24.7 Å². The number of amides is 1. The van der Waals surface area contributed by atoms with E-state index in [1.807, 2.05) is 54.8 Å². The summed E-state index contributed by atoms with van der Waals surface area (Å²) in [5, 5.41) is 14.2. The maximum atomic E-state index is 13.6. The van der Waals surface area contributed by atoms with Gasteiger partial charge in [-0.2, -0.15) is 0 Å². The number of halogens is 1. The van der Waals surface area contributed by atoms with Crippen molar-refractivity contribution in [3.05, 3.63) is 118 Å². The number of carboxylic acids is 1. The standard InChI is InChI=1S/C33H30FN3O4S/c1-22-19-26(34)11-12-27(22)29-13-14-30(41-29)28-21-42-33(36-28)37(18-16-23-5-3-2-4-6-23)20-24-7-9-25(10-8-24)32(40)35-17-15-31(38)39/h2-14,19,21H,15-18,20H2,1H3,(H,35,40)(H,38,39). The number of benzene rings is 3. The van der Waals surface area contributed by atoms with E-state index in [2.05, 4.69) is 22.3 Å². The number of nitrogens with zero attached hydrogens (tertiary/aromatic N) is 2. The van der Waals surface area contributed by atoms with Gasteiger partial charge in [0.1, 0.15) is 17.3 Å². The molecule has 1 amide bonds. The number of aryl methyl sites for hydroxylation is 1. The summed E-state index contributed by atoms with van der Waals surface area (Å²) in [5.41, 5.74) is 5.06. The van der Waals surface area contributed by atoms with Gasteiger partial charge in [-0.25, -0.2) is 9.37 Å². The molecular formula is C33H30FN3O4S. The number of furan rings is 1. The first-order valence-corrected chi connectivity index (χ1v) is 14.4. The Balaban J connectivity index is 1.33. The van der Waals surface area contributed by atoms with Crippen LogP contribution in [0.25, 0.3) is 22.8 Å². The fourth-order valence-corrected chi connectivity index (χ4v) is 5.41. The molecule has 0 saturated carbocycles. The van der Waals surface area contributed by atoms with Crippen molar-refractivity contribution in [1.29, 1.82) is 0 Å². The van der Waals surface area contributed by atoms with Crippen molar-refractivity contribution in [3.63, 3.8) is 0 Å². The Bertz CT molecular complexity index is 1660. The van der Waals surface area contributed by atoms with Gasteiger partial charge in [0.2, 0.25) is 0 Å². The first-order chi connectivity index (χ1) is 20.4. The molecule has 0 saturated heterocycles. The van der Waals surface area contributed by atoms with E-state index < -0.39 is 5.97 Å². The number of rotatable bonds is 12. The van der Waals surface area contributed by atoms with E-state index in [0.717, 1.165) is 40.5 Å². The minimum absolute atomic E-state index is 0.0796. The van der Waals surface area contributed by atoms with E-state index in [1.54, 1.807) is 18.2 Å². The topological polar surface area (TPSA) is 95.7 Å². The van der Waals surface area contributed by atoms with Gasteiger partial charge in [-0.3, -0.25) is 9.59 Å². The average Bonchev–Trinajstić information content (AvgIpc) is 3.66. The van der Waals surface area contributed by atoms with Gasteiger partial charge >= 0.3 is 5.97 Å². The number of aliphatic carboxylic acids is 1. The summed E-state index contributed by atoms with van der Waals surface area (Å²) in [6.07, 6.45) is 0.704. The minimum atomic E-state index is -0.956. The Morgan fingerprint density at radius 3 is 2.48 bits per heavy atom. The third-order valence-corrected chi connectivity index (χ3v) is 7.70. The molecule has 0 aliphatic heterocycles. The predicted molar refractivity (Wildman–Crippen MR) is 162 cm³/mol. The number of hydrogen-bond donors (Lipinski definition) is 2. The molecule has 0 atom stereocenters. The van der Waals surface area contributed by atoms with Crippen LogP contribution in [0.3, 0.4) is 0 Å². The highest BCUT2D eigenvalue weighted by molar-refractivity contribution is 7.14. The van der Waals surface area contributed by atoms with E-state index in [0.29, 0.717) is 23.6 Å². The molecular weight excluding hydrogens is 553 g/mol. The van der Waals surface area contributed by atoms with Crippen molar-refractivity contribution >= 4 is 28.3 Å². The van der Waals surface area contributed by atoms with Crippen LogP contribution in [0.4, 0.5) is 9.52 Å². The molecule has 3 aromatic carbocycles. The van der Waals surface area contributed by atoms with Crippen LogP contribution < -0.4 is 10.2 Å². The Hall–Kier alpha value is -4.76. The largest absolute Gasteiger partial charge is 0.481 e. The van der Waals surface area contributed by atoms with Gasteiger partial charge in [0.05, 0.1) is 6.42 Å². The highest BCUT2D eigenvalue weighted by atomic mass is 32.1. The molecule has 0 aliphatic rings. The quantitative estimate of drug-likeness (QED) is 0.165. The van der Waals surface area contributed by atoms with Gasteiger partial charge in [0.25, 0.3) is 5.91 Å². The zero-order valence-corrected chi connectivity index (χ0v) is 23.9. The molecule has 0 aliphatic carbocycles. The van der Waals surface area contributed by atoms with Gasteiger partial charge in [-0.15, -0.1) is 11.3 Å². The van der Waals surface area contributed by atoms with Gasteiger partial charge in [0, 0.05) is 36.1 Å². The van der Waals surface area contributed by atoms with Crippen molar-refractivity contribution in [2.45, 2.75) is 26.3 Å². The third kappa shape index (κ3) is 7.30. The van der Waals surface area contributed by atoms with Crippen LogP contribution in [-0.2, 0) is 17.8 Å². The van der Waals surface area contributed by atoms with Crippen LogP contribution in [-0.4, -0.2) is 35.1 Å². The maximum Gasteiger partial charge on any atom is 0.305 e. The molecule has 7 nitrogen and oxygen atoms in total. The van der Waals surface area contributed by atoms with Crippen molar-refractivity contribution in [1.82, 2.24) is 10.3 Å². The fourth-order valence-electron chi connectivity index (χ4n) is 4.56. The molecule has 0 unspecified atom stereocenters. The van der Waals surface area contributed by atoms with E-state index in [1.165, 1.54) is 29.0 Å². The van der Waals surface area contributed by atoms with E-state index in [4.69, 9.17) is 14.5 Å². The second-order valence-corrected chi connectivity index (χ2v) is 10.7. The molecule has 5 rings (SSSR count). The number of carboxylic acid groups (broad SMARTS) is 1. The van der Waals surface area contributed by atoms with Gasteiger partial charge in [0.15, 0.2) is 10.9 Å². The van der Waals surface area contributed by atoms with Crippen molar-refractivity contribution in [3.8, 4) is 22.8 Å². The first-order valence-electron chi connectivity index (χ1n) is 13.6. The molecule has 42 heavy (non-hydrogen) atoms. The van der Waals surface area contributed by atoms with Crippen LogP contribution in [0.15, 0.2) is 94.7 Å². The van der Waals surface area contributed by atoms with Crippen LogP contribution in [0.2, 0.25) is 0 Å². The number of anilines is 1. The van der Waals surface area contributed by atoms with Crippen LogP contribution in [0, 0.1) is 12.7 Å². The highest BCUT2D eigenvalue weighted by Gasteiger charge is 2.17. The normalized spacial score (nSPS) is 10.9. The monoisotopic (exact) mass is 583 g/mol. The summed E-state index contributed by atoms with van der Waals surface area (Å²) in [5.74, 6) is -0.247. The maximum absolute atomic E-state index is 13.6. The SMILES string of the molecule is Cc1cc(F)ccc1-c1ccc(-c2csc(N(CCc3ccccc3)Cc3ccc(C(=O)NCCC(=O)O)cc3)n2)o1. The number of nitrogens with one attached hydrogen (secondary N) is 1.